The van der Waals surface area contributed by atoms with E-state index < -0.39 is 0 Å². The van der Waals surface area contributed by atoms with Crippen molar-refractivity contribution in [1.29, 1.82) is 0 Å². The van der Waals surface area contributed by atoms with E-state index in [4.69, 9.17) is 4.98 Å². The summed E-state index contributed by atoms with van der Waals surface area (Å²) in [6.07, 6.45) is 0. The fraction of sp³-hybridized carbons (Fsp3) is 0.438. The normalized spacial score (nSPS) is 11.2. The van der Waals surface area contributed by atoms with Gasteiger partial charge in [-0.1, -0.05) is 32.9 Å². The Morgan fingerprint density at radius 1 is 1.25 bits per heavy atom. The Bertz CT molecular complexity index is 544. The second-order valence-electron chi connectivity index (χ2n) is 4.97. The minimum atomic E-state index is 0.471. The van der Waals surface area contributed by atoms with Crippen LogP contribution < -0.4 is 5.32 Å². The van der Waals surface area contributed by atoms with Gasteiger partial charge in [0.05, 0.1) is 5.69 Å². The number of nitrogens with zero attached hydrogens (tertiary/aromatic N) is 1. The van der Waals surface area contributed by atoms with Crippen molar-refractivity contribution in [2.45, 2.75) is 38.1 Å². The molecule has 0 bridgehead atoms. The first-order chi connectivity index (χ1) is 9.65. The molecule has 0 saturated carbocycles. The predicted molar refractivity (Wildman–Crippen MR) is 90.8 cm³/mol. The maximum atomic E-state index is 4.85. The van der Waals surface area contributed by atoms with Crippen LogP contribution in [0.5, 0.6) is 0 Å². The zero-order chi connectivity index (χ0) is 14.5. The largest absolute Gasteiger partial charge is 0.315 e. The van der Waals surface area contributed by atoms with E-state index in [0.717, 1.165) is 17.3 Å². The van der Waals surface area contributed by atoms with Crippen molar-refractivity contribution in [2.24, 2.45) is 0 Å². The predicted octanol–water partition coefficient (Wildman–Crippen LogP) is 4.76. The average molecular weight is 306 g/mol. The Balaban J connectivity index is 2.29. The molecule has 1 aromatic heterocycles. The summed E-state index contributed by atoms with van der Waals surface area (Å²) in [5.74, 6) is 1.58. The molecule has 0 aliphatic heterocycles. The third-order valence-corrected chi connectivity index (χ3v) is 5.04. The zero-order valence-electron chi connectivity index (χ0n) is 12.6. The van der Waals surface area contributed by atoms with Gasteiger partial charge in [0.15, 0.2) is 0 Å². The minimum Gasteiger partial charge on any atom is -0.315 e. The van der Waals surface area contributed by atoms with E-state index >= 15 is 0 Å². The Kier molecular flexibility index (Phi) is 5.64. The molecule has 0 atom stereocenters. The van der Waals surface area contributed by atoms with E-state index in [2.05, 4.69) is 50.4 Å². The van der Waals surface area contributed by atoms with E-state index in [9.17, 15) is 0 Å². The van der Waals surface area contributed by atoms with Gasteiger partial charge >= 0.3 is 0 Å². The first-order valence-corrected chi connectivity index (χ1v) is 8.83. The first-order valence-electron chi connectivity index (χ1n) is 7.03. The highest BCUT2D eigenvalue weighted by Gasteiger charge is 2.14. The van der Waals surface area contributed by atoms with E-state index in [0.29, 0.717) is 5.92 Å². The van der Waals surface area contributed by atoms with Gasteiger partial charge in [-0.25, -0.2) is 4.98 Å². The number of thiazole rings is 1. The van der Waals surface area contributed by atoms with E-state index in [-0.39, 0.29) is 0 Å². The summed E-state index contributed by atoms with van der Waals surface area (Å²) in [6, 6.07) is 8.75. The Labute approximate surface area is 130 Å². The summed E-state index contributed by atoms with van der Waals surface area (Å²) < 4.78 is 0. The molecule has 0 amide bonds. The standard InChI is InChI=1S/C16H22N2S2/c1-5-19-13-8-6-12(7-9-13)16-18-15(11(2)3)14(20-16)10-17-4/h6-9,11,17H,5,10H2,1-4H3. The van der Waals surface area contributed by atoms with E-state index in [1.54, 1.807) is 11.3 Å². The van der Waals surface area contributed by atoms with Crippen LogP contribution >= 0.6 is 23.1 Å². The molecule has 2 aromatic rings. The van der Waals surface area contributed by atoms with Gasteiger partial charge in [0, 0.05) is 21.9 Å². The van der Waals surface area contributed by atoms with Gasteiger partial charge in [-0.05, 0) is 30.9 Å². The minimum absolute atomic E-state index is 0.471. The highest BCUT2D eigenvalue weighted by Crippen LogP contribution is 2.32. The van der Waals surface area contributed by atoms with Crippen molar-refractivity contribution in [3.8, 4) is 10.6 Å². The average Bonchev–Trinajstić information content (AvgIpc) is 2.85. The van der Waals surface area contributed by atoms with Crippen LogP contribution in [-0.2, 0) is 6.54 Å². The lowest BCUT2D eigenvalue weighted by molar-refractivity contribution is 0.771. The van der Waals surface area contributed by atoms with Gasteiger partial charge in [-0.2, -0.15) is 0 Å². The van der Waals surface area contributed by atoms with Crippen LogP contribution in [0, 0.1) is 0 Å². The third-order valence-electron chi connectivity index (χ3n) is 3.02. The number of hydrogen-bond donors (Lipinski definition) is 1. The number of aromatic nitrogens is 1. The molecular formula is C16H22N2S2. The van der Waals surface area contributed by atoms with E-state index in [1.807, 2.05) is 18.8 Å². The van der Waals surface area contributed by atoms with Gasteiger partial charge in [0.2, 0.25) is 0 Å². The number of rotatable bonds is 6. The summed E-state index contributed by atoms with van der Waals surface area (Å²) in [5, 5.41) is 4.37. The summed E-state index contributed by atoms with van der Waals surface area (Å²) in [7, 11) is 1.99. The fourth-order valence-corrected chi connectivity index (χ4v) is 3.98. The molecule has 0 aliphatic rings. The Hall–Kier alpha value is -0.840. The summed E-state index contributed by atoms with van der Waals surface area (Å²) >= 11 is 3.68. The summed E-state index contributed by atoms with van der Waals surface area (Å²) in [5.41, 5.74) is 2.45. The Morgan fingerprint density at radius 3 is 2.50 bits per heavy atom. The van der Waals surface area contributed by atoms with Gasteiger partial charge in [0.25, 0.3) is 0 Å². The molecule has 1 heterocycles. The molecule has 2 rings (SSSR count). The van der Waals surface area contributed by atoms with Crippen molar-refractivity contribution in [1.82, 2.24) is 10.3 Å². The number of benzene rings is 1. The molecule has 1 N–H and O–H groups in total. The van der Waals surface area contributed by atoms with Crippen molar-refractivity contribution >= 4 is 23.1 Å². The molecule has 1 aromatic carbocycles. The molecule has 0 unspecified atom stereocenters. The van der Waals surface area contributed by atoms with Crippen LogP contribution in [-0.4, -0.2) is 17.8 Å². The number of thioether (sulfide) groups is 1. The molecule has 2 nitrogen and oxygen atoms in total. The Morgan fingerprint density at radius 2 is 1.95 bits per heavy atom. The third kappa shape index (κ3) is 3.62. The first kappa shape index (κ1) is 15.5. The molecule has 0 radical (unpaired) electrons. The molecule has 4 heteroatoms. The van der Waals surface area contributed by atoms with Gasteiger partial charge in [-0.3, -0.25) is 0 Å². The van der Waals surface area contributed by atoms with Crippen LogP contribution in [0.3, 0.4) is 0 Å². The van der Waals surface area contributed by atoms with Crippen molar-refractivity contribution < 1.29 is 0 Å². The highest BCUT2D eigenvalue weighted by atomic mass is 32.2. The molecule has 0 aliphatic carbocycles. The monoisotopic (exact) mass is 306 g/mol. The number of nitrogens with one attached hydrogen (secondary N) is 1. The molecule has 20 heavy (non-hydrogen) atoms. The summed E-state index contributed by atoms with van der Waals surface area (Å²) in [4.78, 5) is 7.52. The smallest absolute Gasteiger partial charge is 0.123 e. The molecular weight excluding hydrogens is 284 g/mol. The number of hydrogen-bond acceptors (Lipinski definition) is 4. The van der Waals surface area contributed by atoms with Crippen LogP contribution in [0.25, 0.3) is 10.6 Å². The SMILES string of the molecule is CCSc1ccc(-c2nc(C(C)C)c(CNC)s2)cc1. The lowest BCUT2D eigenvalue weighted by atomic mass is 10.1. The van der Waals surface area contributed by atoms with Crippen molar-refractivity contribution in [2.75, 3.05) is 12.8 Å². The maximum absolute atomic E-state index is 4.85. The van der Waals surface area contributed by atoms with Crippen LogP contribution in [0.15, 0.2) is 29.2 Å². The van der Waals surface area contributed by atoms with E-state index in [1.165, 1.54) is 21.0 Å². The quantitative estimate of drug-likeness (QED) is 0.779. The second-order valence-corrected chi connectivity index (χ2v) is 7.39. The topological polar surface area (TPSA) is 24.9 Å². The second kappa shape index (κ2) is 7.25. The van der Waals surface area contributed by atoms with Crippen molar-refractivity contribution in [3.05, 3.63) is 34.8 Å². The molecule has 0 saturated heterocycles. The summed E-state index contributed by atoms with van der Waals surface area (Å²) in [6.45, 7) is 7.49. The zero-order valence-corrected chi connectivity index (χ0v) is 14.2. The lowest BCUT2D eigenvalue weighted by Gasteiger charge is -2.03. The van der Waals surface area contributed by atoms with Gasteiger partial charge in [-0.15, -0.1) is 23.1 Å². The van der Waals surface area contributed by atoms with Crippen molar-refractivity contribution in [3.63, 3.8) is 0 Å². The maximum Gasteiger partial charge on any atom is 0.123 e. The van der Waals surface area contributed by atoms with Crippen LogP contribution in [0.1, 0.15) is 37.3 Å². The van der Waals surface area contributed by atoms with Gasteiger partial charge in [0.1, 0.15) is 5.01 Å². The van der Waals surface area contributed by atoms with Crippen LogP contribution in [0.2, 0.25) is 0 Å². The molecule has 0 fully saturated rings. The lowest BCUT2D eigenvalue weighted by Crippen LogP contribution is -2.06. The molecule has 108 valence electrons. The van der Waals surface area contributed by atoms with Crippen LogP contribution in [0.4, 0.5) is 0 Å². The highest BCUT2D eigenvalue weighted by molar-refractivity contribution is 7.99. The van der Waals surface area contributed by atoms with Gasteiger partial charge < -0.3 is 5.32 Å². The molecule has 0 spiro atoms. The fourth-order valence-electron chi connectivity index (χ4n) is 2.09.